The number of furan rings is 2. The molecular weight excluding hydrogens is 534 g/mol. The largest absolute Gasteiger partial charge is 0.476 e. The number of hydrogen-bond donors (Lipinski definition) is 4. The highest BCUT2D eigenvalue weighted by atomic mass is 19.4. The van der Waals surface area contributed by atoms with Gasteiger partial charge in [0.2, 0.25) is 0 Å². The van der Waals surface area contributed by atoms with Crippen molar-refractivity contribution in [2.75, 3.05) is 11.5 Å². The lowest BCUT2D eigenvalue weighted by molar-refractivity contribution is -0.141. The number of carbonyl (C=O) groups is 2. The quantitative estimate of drug-likeness (QED) is 0.267. The van der Waals surface area contributed by atoms with Crippen LogP contribution in [0.5, 0.6) is 0 Å². The third kappa shape index (κ3) is 5.79. The Bertz CT molecular complexity index is 1360. The van der Waals surface area contributed by atoms with Crippen LogP contribution >= 0.6 is 0 Å². The maximum atomic E-state index is 12.8. The van der Waals surface area contributed by atoms with Crippen LogP contribution in [-0.4, -0.2) is 42.1 Å². The number of halogens is 6. The summed E-state index contributed by atoms with van der Waals surface area (Å²) in [5.74, 6) is -5.27. The SMILES string of the molecule is Nc1nc(C(F)(F)F)c(-c2ccco2)nc1C(=O)O.Nc1nc(C(F)(F)F)c(-c2ccco2)nc1C(=O)O. The fourth-order valence-electron chi connectivity index (χ4n) is 2.78. The average molecular weight is 546 g/mol. The molecule has 4 aromatic rings. The first-order chi connectivity index (χ1) is 17.6. The predicted octanol–water partition coefficient (Wildman–Crippen LogP) is 4.07. The number of aromatic carboxylic acids is 2. The summed E-state index contributed by atoms with van der Waals surface area (Å²) in [4.78, 5) is 34.5. The van der Waals surface area contributed by atoms with Crippen LogP contribution in [0.4, 0.5) is 38.0 Å². The first kappa shape index (κ1) is 27.4. The lowest BCUT2D eigenvalue weighted by atomic mass is 10.2. The van der Waals surface area contributed by atoms with E-state index in [1.807, 2.05) is 0 Å². The highest BCUT2D eigenvalue weighted by Gasteiger charge is 2.40. The maximum Gasteiger partial charge on any atom is 0.435 e. The molecule has 0 aliphatic carbocycles. The van der Waals surface area contributed by atoms with Crippen LogP contribution in [0.2, 0.25) is 0 Å². The molecule has 200 valence electrons. The molecule has 0 aliphatic heterocycles. The second kappa shape index (κ2) is 10.1. The highest BCUT2D eigenvalue weighted by molar-refractivity contribution is 5.91. The van der Waals surface area contributed by atoms with E-state index in [4.69, 9.17) is 30.5 Å². The first-order valence-electron chi connectivity index (χ1n) is 9.65. The highest BCUT2D eigenvalue weighted by Crippen LogP contribution is 2.37. The van der Waals surface area contributed by atoms with E-state index in [0.717, 1.165) is 12.5 Å². The summed E-state index contributed by atoms with van der Waals surface area (Å²) in [6.07, 6.45) is -7.40. The van der Waals surface area contributed by atoms with Crippen molar-refractivity contribution >= 4 is 23.6 Å². The number of hydrogen-bond acceptors (Lipinski definition) is 10. The molecule has 12 nitrogen and oxygen atoms in total. The van der Waals surface area contributed by atoms with Crippen molar-refractivity contribution in [2.24, 2.45) is 0 Å². The monoisotopic (exact) mass is 546 g/mol. The molecule has 0 aliphatic rings. The van der Waals surface area contributed by atoms with Crippen molar-refractivity contribution in [1.82, 2.24) is 19.9 Å². The summed E-state index contributed by atoms with van der Waals surface area (Å²) in [6, 6.07) is 5.10. The standard InChI is InChI=1S/2C10H6F3N3O3/c2*11-10(12,13)7-5(4-2-1-3-19-4)15-6(9(17)18)8(14)16-7/h2*1-3H,(H2,14,16)(H,17,18). The molecule has 38 heavy (non-hydrogen) atoms. The van der Waals surface area contributed by atoms with Gasteiger partial charge >= 0.3 is 24.3 Å². The van der Waals surface area contributed by atoms with Gasteiger partial charge in [-0.15, -0.1) is 0 Å². The van der Waals surface area contributed by atoms with Crippen molar-refractivity contribution in [3.63, 3.8) is 0 Å². The zero-order chi connectivity index (χ0) is 28.4. The molecule has 0 fully saturated rings. The van der Waals surface area contributed by atoms with Gasteiger partial charge in [-0.3, -0.25) is 0 Å². The van der Waals surface area contributed by atoms with Gasteiger partial charge in [-0.1, -0.05) is 0 Å². The van der Waals surface area contributed by atoms with Crippen LogP contribution in [0.15, 0.2) is 45.6 Å². The Morgan fingerprint density at radius 1 is 0.684 bits per heavy atom. The minimum Gasteiger partial charge on any atom is -0.476 e. The third-order valence-corrected chi connectivity index (χ3v) is 4.30. The number of alkyl halides is 6. The van der Waals surface area contributed by atoms with Crippen LogP contribution in [0.25, 0.3) is 22.9 Å². The number of rotatable bonds is 4. The van der Waals surface area contributed by atoms with E-state index < -0.39 is 70.1 Å². The Balaban J connectivity index is 0.000000211. The van der Waals surface area contributed by atoms with Gasteiger partial charge in [0.15, 0.2) is 45.9 Å². The number of aromatic nitrogens is 4. The molecule has 4 rings (SSSR count). The molecule has 6 N–H and O–H groups in total. The Hall–Kier alpha value is -5.16. The number of carboxylic acid groups (broad SMARTS) is 2. The van der Waals surface area contributed by atoms with Gasteiger partial charge in [0, 0.05) is 0 Å². The molecule has 0 atom stereocenters. The molecule has 0 saturated heterocycles. The van der Waals surface area contributed by atoms with Gasteiger partial charge in [-0.25, -0.2) is 29.5 Å². The first-order valence-corrected chi connectivity index (χ1v) is 9.65. The molecule has 0 unspecified atom stereocenters. The van der Waals surface area contributed by atoms with E-state index >= 15 is 0 Å². The fourth-order valence-corrected chi connectivity index (χ4v) is 2.78. The molecule has 0 aromatic carbocycles. The molecule has 4 aromatic heterocycles. The maximum absolute atomic E-state index is 12.8. The van der Waals surface area contributed by atoms with E-state index in [0.29, 0.717) is 0 Å². The van der Waals surface area contributed by atoms with Gasteiger partial charge in [0.25, 0.3) is 0 Å². The molecule has 0 bridgehead atoms. The smallest absolute Gasteiger partial charge is 0.435 e. The van der Waals surface area contributed by atoms with Crippen molar-refractivity contribution < 1.29 is 55.0 Å². The van der Waals surface area contributed by atoms with Crippen molar-refractivity contribution in [3.05, 3.63) is 59.6 Å². The number of nitrogens with zero attached hydrogens (tertiary/aromatic N) is 4. The normalized spacial score (nSPS) is 11.5. The summed E-state index contributed by atoms with van der Waals surface area (Å²) in [7, 11) is 0. The van der Waals surface area contributed by atoms with E-state index in [2.05, 4.69) is 19.9 Å². The van der Waals surface area contributed by atoms with Crippen LogP contribution in [0.3, 0.4) is 0 Å². The molecular formula is C20H12F6N6O6. The summed E-state index contributed by atoms with van der Waals surface area (Å²) in [6.45, 7) is 0. The van der Waals surface area contributed by atoms with Crippen molar-refractivity contribution in [1.29, 1.82) is 0 Å². The Morgan fingerprint density at radius 2 is 1.03 bits per heavy atom. The minimum absolute atomic E-state index is 0.248. The lowest BCUT2D eigenvalue weighted by Gasteiger charge is -2.11. The fraction of sp³-hybridized carbons (Fsp3) is 0.100. The minimum atomic E-state index is -4.83. The molecule has 0 spiro atoms. The lowest BCUT2D eigenvalue weighted by Crippen LogP contribution is -2.17. The van der Waals surface area contributed by atoms with Gasteiger partial charge in [-0.05, 0) is 24.3 Å². The predicted molar refractivity (Wildman–Crippen MR) is 112 cm³/mol. The van der Waals surface area contributed by atoms with Crippen LogP contribution in [-0.2, 0) is 12.4 Å². The number of anilines is 2. The van der Waals surface area contributed by atoms with Crippen LogP contribution in [0.1, 0.15) is 32.4 Å². The van der Waals surface area contributed by atoms with E-state index in [1.54, 1.807) is 0 Å². The van der Waals surface area contributed by atoms with E-state index in [1.165, 1.54) is 24.3 Å². The second-order valence-corrected chi connectivity index (χ2v) is 6.87. The topological polar surface area (TPSA) is 204 Å². The summed E-state index contributed by atoms with van der Waals surface area (Å²) in [5.41, 5.74) is 4.55. The molecule has 4 heterocycles. The second-order valence-electron chi connectivity index (χ2n) is 6.87. The number of carboxylic acids is 2. The summed E-state index contributed by atoms with van der Waals surface area (Å²) in [5, 5.41) is 17.6. The Labute approximate surface area is 205 Å². The molecule has 0 radical (unpaired) electrons. The molecule has 0 saturated carbocycles. The molecule has 18 heteroatoms. The Kier molecular flexibility index (Phi) is 7.27. The van der Waals surface area contributed by atoms with E-state index in [9.17, 15) is 35.9 Å². The summed E-state index contributed by atoms with van der Waals surface area (Å²) >= 11 is 0. The van der Waals surface area contributed by atoms with Gasteiger partial charge in [0.05, 0.1) is 12.5 Å². The van der Waals surface area contributed by atoms with Crippen LogP contribution < -0.4 is 11.5 Å². The zero-order valence-electron chi connectivity index (χ0n) is 18.2. The molecule has 0 amide bonds. The van der Waals surface area contributed by atoms with Crippen molar-refractivity contribution in [2.45, 2.75) is 12.4 Å². The van der Waals surface area contributed by atoms with Gasteiger partial charge in [0.1, 0.15) is 11.4 Å². The zero-order valence-corrected chi connectivity index (χ0v) is 18.2. The van der Waals surface area contributed by atoms with Gasteiger partial charge in [-0.2, -0.15) is 26.3 Å². The van der Waals surface area contributed by atoms with E-state index in [-0.39, 0.29) is 11.5 Å². The number of nitrogen functional groups attached to an aromatic ring is 2. The van der Waals surface area contributed by atoms with Gasteiger partial charge < -0.3 is 30.5 Å². The Morgan fingerprint density at radius 3 is 1.26 bits per heavy atom. The van der Waals surface area contributed by atoms with Crippen LogP contribution in [0, 0.1) is 0 Å². The number of nitrogens with two attached hydrogens (primary N) is 2. The third-order valence-electron chi connectivity index (χ3n) is 4.30. The average Bonchev–Trinajstić information content (AvgIpc) is 3.52. The summed E-state index contributed by atoms with van der Waals surface area (Å²) < 4.78 is 86.4. The van der Waals surface area contributed by atoms with Crippen molar-refractivity contribution in [3.8, 4) is 22.9 Å².